The molecule has 0 atom stereocenters. The third-order valence-electron chi connectivity index (χ3n) is 5.84. The van der Waals surface area contributed by atoms with E-state index in [4.69, 9.17) is 9.72 Å². The van der Waals surface area contributed by atoms with E-state index in [-0.39, 0.29) is 0 Å². The molecule has 0 unspecified atom stereocenters. The van der Waals surface area contributed by atoms with Crippen molar-refractivity contribution < 1.29 is 4.74 Å². The van der Waals surface area contributed by atoms with E-state index in [1.165, 1.54) is 18.5 Å². The average molecular weight is 369 g/mol. The van der Waals surface area contributed by atoms with Gasteiger partial charge in [-0.05, 0) is 26.7 Å². The molecular weight excluding hydrogens is 342 g/mol. The fraction of sp³-hybridized carbons (Fsp3) is 0.632. The van der Waals surface area contributed by atoms with E-state index in [1.54, 1.807) is 0 Å². The third-order valence-corrected chi connectivity index (χ3v) is 5.84. The molecule has 2 saturated heterocycles. The van der Waals surface area contributed by atoms with Crippen molar-refractivity contribution in [3.8, 4) is 0 Å². The van der Waals surface area contributed by atoms with Gasteiger partial charge in [-0.2, -0.15) is 5.10 Å². The number of H-pyrrole nitrogens is 1. The van der Waals surface area contributed by atoms with Crippen molar-refractivity contribution in [3.05, 3.63) is 23.1 Å². The highest BCUT2D eigenvalue weighted by Gasteiger charge is 2.30. The van der Waals surface area contributed by atoms with Crippen molar-refractivity contribution in [2.24, 2.45) is 0 Å². The lowest BCUT2D eigenvalue weighted by Gasteiger charge is -2.43. The van der Waals surface area contributed by atoms with Gasteiger partial charge in [0.15, 0.2) is 5.82 Å². The number of piperazine rings is 1. The standard InChI is InChI=1S/C19H27N7O/c1-12-18(22-17-9-16(23-24-17)14-3-4-14)20-13(2)21-19(12)26-7-5-25(6-8-26)15-10-27-11-15/h9,14-15H,3-8,10-11H2,1-2H3,(H2,20,21,22,23,24). The van der Waals surface area contributed by atoms with Crippen LogP contribution in [0.15, 0.2) is 6.07 Å². The number of nitrogens with one attached hydrogen (secondary N) is 2. The highest BCUT2D eigenvalue weighted by Crippen LogP contribution is 2.39. The minimum absolute atomic E-state index is 0.609. The van der Waals surface area contributed by atoms with Gasteiger partial charge in [0.25, 0.3) is 0 Å². The second-order valence-electron chi connectivity index (χ2n) is 7.89. The van der Waals surface area contributed by atoms with E-state index >= 15 is 0 Å². The molecule has 2 N–H and O–H groups in total. The molecule has 3 fully saturated rings. The van der Waals surface area contributed by atoms with Gasteiger partial charge >= 0.3 is 0 Å². The summed E-state index contributed by atoms with van der Waals surface area (Å²) in [5, 5.41) is 10.9. The van der Waals surface area contributed by atoms with Crippen LogP contribution in [-0.4, -0.2) is 70.5 Å². The number of aromatic amines is 1. The van der Waals surface area contributed by atoms with Crippen LogP contribution in [0.3, 0.4) is 0 Å². The Morgan fingerprint density at radius 1 is 1.11 bits per heavy atom. The molecule has 0 amide bonds. The SMILES string of the molecule is Cc1nc(Nc2cc(C3CC3)[nH]n2)c(C)c(N2CCN(C3COC3)CC2)n1. The maximum Gasteiger partial charge on any atom is 0.153 e. The maximum absolute atomic E-state index is 5.33. The van der Waals surface area contributed by atoms with Gasteiger partial charge in [-0.3, -0.25) is 10.00 Å². The molecule has 5 rings (SSSR count). The van der Waals surface area contributed by atoms with Crippen LogP contribution in [-0.2, 0) is 4.74 Å². The van der Waals surface area contributed by atoms with Gasteiger partial charge in [-0.1, -0.05) is 0 Å². The second kappa shape index (κ2) is 6.76. The van der Waals surface area contributed by atoms with E-state index in [2.05, 4.69) is 43.3 Å². The first-order chi connectivity index (χ1) is 13.2. The van der Waals surface area contributed by atoms with Crippen LogP contribution < -0.4 is 10.2 Å². The van der Waals surface area contributed by atoms with Crippen LogP contribution in [0.2, 0.25) is 0 Å². The number of hydrogen-bond acceptors (Lipinski definition) is 7. The Labute approximate surface area is 159 Å². The van der Waals surface area contributed by atoms with E-state index in [9.17, 15) is 0 Å². The minimum atomic E-state index is 0.609. The first-order valence-electron chi connectivity index (χ1n) is 9.91. The van der Waals surface area contributed by atoms with Gasteiger partial charge in [0.05, 0.1) is 19.3 Å². The predicted molar refractivity (Wildman–Crippen MR) is 104 cm³/mol. The second-order valence-corrected chi connectivity index (χ2v) is 7.89. The molecule has 0 bridgehead atoms. The fourth-order valence-electron chi connectivity index (χ4n) is 3.90. The number of aromatic nitrogens is 4. The number of rotatable bonds is 5. The Balaban J connectivity index is 1.32. The lowest BCUT2D eigenvalue weighted by molar-refractivity contribution is -0.0661. The van der Waals surface area contributed by atoms with Crippen LogP contribution >= 0.6 is 0 Å². The first kappa shape index (κ1) is 16.9. The zero-order valence-corrected chi connectivity index (χ0v) is 16.0. The molecule has 1 aliphatic carbocycles. The van der Waals surface area contributed by atoms with Gasteiger partial charge < -0.3 is 15.0 Å². The predicted octanol–water partition coefficient (Wildman–Crippen LogP) is 1.96. The summed E-state index contributed by atoms with van der Waals surface area (Å²) in [7, 11) is 0. The fourth-order valence-corrected chi connectivity index (χ4v) is 3.90. The minimum Gasteiger partial charge on any atom is -0.378 e. The molecule has 144 valence electrons. The van der Waals surface area contributed by atoms with Crippen LogP contribution in [0.4, 0.5) is 17.5 Å². The molecule has 8 nitrogen and oxygen atoms in total. The van der Waals surface area contributed by atoms with Crippen molar-refractivity contribution in [3.63, 3.8) is 0 Å². The van der Waals surface area contributed by atoms with Gasteiger partial charge in [0, 0.05) is 49.4 Å². The molecule has 0 aromatic carbocycles. The number of aryl methyl sites for hydroxylation is 1. The van der Waals surface area contributed by atoms with Crippen molar-refractivity contribution in [2.45, 2.75) is 38.6 Å². The highest BCUT2D eigenvalue weighted by molar-refractivity contribution is 5.64. The van der Waals surface area contributed by atoms with Crippen molar-refractivity contribution in [1.82, 2.24) is 25.1 Å². The lowest BCUT2D eigenvalue weighted by Crippen LogP contribution is -2.56. The van der Waals surface area contributed by atoms with Crippen LogP contribution in [0.5, 0.6) is 0 Å². The Bertz CT molecular complexity index is 819. The molecule has 27 heavy (non-hydrogen) atoms. The van der Waals surface area contributed by atoms with E-state index < -0.39 is 0 Å². The molecule has 2 aromatic heterocycles. The summed E-state index contributed by atoms with van der Waals surface area (Å²) in [5.41, 5.74) is 2.30. The summed E-state index contributed by atoms with van der Waals surface area (Å²) in [6.07, 6.45) is 2.52. The zero-order chi connectivity index (χ0) is 18.4. The summed E-state index contributed by atoms with van der Waals surface area (Å²) in [4.78, 5) is 14.3. The summed E-state index contributed by atoms with van der Waals surface area (Å²) in [5.74, 6) is 4.16. The third kappa shape index (κ3) is 3.39. The van der Waals surface area contributed by atoms with Gasteiger partial charge in [-0.25, -0.2) is 9.97 Å². The maximum atomic E-state index is 5.33. The Morgan fingerprint density at radius 3 is 2.56 bits per heavy atom. The van der Waals surface area contributed by atoms with Gasteiger partial charge in [-0.15, -0.1) is 0 Å². The number of ether oxygens (including phenoxy) is 1. The number of hydrogen-bond donors (Lipinski definition) is 2. The number of anilines is 3. The average Bonchev–Trinajstić information content (AvgIpc) is 3.37. The Kier molecular flexibility index (Phi) is 4.24. The van der Waals surface area contributed by atoms with Crippen LogP contribution in [0.1, 0.15) is 35.8 Å². The van der Waals surface area contributed by atoms with Gasteiger partial charge in [0.1, 0.15) is 17.5 Å². The van der Waals surface area contributed by atoms with Crippen LogP contribution in [0, 0.1) is 13.8 Å². The smallest absolute Gasteiger partial charge is 0.153 e. The molecule has 2 aliphatic heterocycles. The zero-order valence-electron chi connectivity index (χ0n) is 16.0. The molecule has 4 heterocycles. The van der Waals surface area contributed by atoms with E-state index in [1.807, 2.05) is 6.92 Å². The Morgan fingerprint density at radius 2 is 1.89 bits per heavy atom. The first-order valence-corrected chi connectivity index (χ1v) is 9.91. The highest BCUT2D eigenvalue weighted by atomic mass is 16.5. The molecule has 0 radical (unpaired) electrons. The molecule has 1 saturated carbocycles. The lowest BCUT2D eigenvalue weighted by atomic mass is 10.1. The Hall–Kier alpha value is -2.19. The number of nitrogens with zero attached hydrogens (tertiary/aromatic N) is 5. The van der Waals surface area contributed by atoms with Crippen molar-refractivity contribution >= 4 is 17.5 Å². The van der Waals surface area contributed by atoms with E-state index in [0.717, 1.165) is 68.2 Å². The summed E-state index contributed by atoms with van der Waals surface area (Å²) >= 11 is 0. The normalized spacial score (nSPS) is 21.3. The summed E-state index contributed by atoms with van der Waals surface area (Å²) in [6, 6.07) is 2.71. The van der Waals surface area contributed by atoms with Gasteiger partial charge in [0.2, 0.25) is 0 Å². The van der Waals surface area contributed by atoms with Crippen LogP contribution in [0.25, 0.3) is 0 Å². The summed E-state index contributed by atoms with van der Waals surface area (Å²) in [6.45, 7) is 9.90. The van der Waals surface area contributed by atoms with Crippen molar-refractivity contribution in [1.29, 1.82) is 0 Å². The molecule has 3 aliphatic rings. The monoisotopic (exact) mass is 369 g/mol. The summed E-state index contributed by atoms with van der Waals surface area (Å²) < 4.78 is 5.33. The topological polar surface area (TPSA) is 82.2 Å². The largest absolute Gasteiger partial charge is 0.378 e. The van der Waals surface area contributed by atoms with Crippen molar-refractivity contribution in [2.75, 3.05) is 49.6 Å². The quantitative estimate of drug-likeness (QED) is 0.834. The molecule has 2 aromatic rings. The molecular formula is C19H27N7O. The molecule has 0 spiro atoms. The van der Waals surface area contributed by atoms with E-state index in [0.29, 0.717) is 12.0 Å². The molecule has 8 heteroatoms.